The van der Waals surface area contributed by atoms with Crippen LogP contribution in [0.25, 0.3) is 0 Å². The molecule has 108 valence electrons. The van der Waals surface area contributed by atoms with Gasteiger partial charge in [-0.15, -0.1) is 0 Å². The van der Waals surface area contributed by atoms with Crippen LogP contribution >= 0.6 is 0 Å². The number of Topliss-reactive ketones (excluding diaryl/α,β-unsaturated/α-hetero) is 1. The van der Waals surface area contributed by atoms with Crippen LogP contribution < -0.4 is 5.32 Å². The van der Waals surface area contributed by atoms with Gasteiger partial charge in [0.2, 0.25) is 0 Å². The molecule has 0 aliphatic heterocycles. The Morgan fingerprint density at radius 2 is 2.05 bits per heavy atom. The first-order chi connectivity index (χ1) is 9.31. The molecule has 0 spiro atoms. The van der Waals surface area contributed by atoms with Gasteiger partial charge < -0.3 is 5.32 Å². The Hall–Kier alpha value is -2.04. The summed E-state index contributed by atoms with van der Waals surface area (Å²) in [6.07, 6.45) is 1.39. The van der Waals surface area contributed by atoms with E-state index in [2.05, 4.69) is 5.32 Å². The zero-order valence-corrected chi connectivity index (χ0v) is 11.8. The van der Waals surface area contributed by atoms with E-state index < -0.39 is 11.6 Å². The van der Waals surface area contributed by atoms with Gasteiger partial charge in [-0.1, -0.05) is 13.8 Å². The van der Waals surface area contributed by atoms with Crippen molar-refractivity contribution in [3.63, 3.8) is 0 Å². The number of nitrogens with one attached hydrogen (secondary N) is 2. The van der Waals surface area contributed by atoms with Crippen LogP contribution in [0.1, 0.15) is 26.3 Å². The minimum atomic E-state index is -0.507. The van der Waals surface area contributed by atoms with Gasteiger partial charge in [0.1, 0.15) is 11.6 Å². The smallest absolute Gasteiger partial charge is 0.183 e. The van der Waals surface area contributed by atoms with Gasteiger partial charge in [-0.3, -0.25) is 10.2 Å². The van der Waals surface area contributed by atoms with Crippen molar-refractivity contribution in [3.05, 3.63) is 47.2 Å². The van der Waals surface area contributed by atoms with Crippen LogP contribution in [-0.4, -0.2) is 11.5 Å². The summed E-state index contributed by atoms with van der Waals surface area (Å²) < 4.78 is 26.4. The fraction of sp³-hybridized carbons (Fsp3) is 0.333. The van der Waals surface area contributed by atoms with Gasteiger partial charge in [0, 0.05) is 23.7 Å². The van der Waals surface area contributed by atoms with E-state index in [0.29, 0.717) is 5.70 Å². The maximum Gasteiger partial charge on any atom is 0.183 e. The van der Waals surface area contributed by atoms with Crippen LogP contribution in [-0.2, 0) is 11.3 Å². The zero-order valence-electron chi connectivity index (χ0n) is 11.8. The summed E-state index contributed by atoms with van der Waals surface area (Å²) in [5.41, 5.74) is 0.636. The normalized spacial score (nSPS) is 11.6. The van der Waals surface area contributed by atoms with Crippen LogP contribution in [0.2, 0.25) is 0 Å². The summed E-state index contributed by atoms with van der Waals surface area (Å²) >= 11 is 0. The Kier molecular flexibility index (Phi) is 5.55. The Labute approximate surface area is 117 Å². The lowest BCUT2D eigenvalue weighted by molar-refractivity contribution is -0.115. The number of benzene rings is 1. The summed E-state index contributed by atoms with van der Waals surface area (Å²) in [6.45, 7) is 5.19. The lowest BCUT2D eigenvalue weighted by Crippen LogP contribution is -2.19. The number of hydrogen-bond donors (Lipinski definition) is 2. The summed E-state index contributed by atoms with van der Waals surface area (Å²) in [5.74, 6) is -1.51. The molecule has 20 heavy (non-hydrogen) atoms. The molecule has 0 aliphatic carbocycles. The van der Waals surface area contributed by atoms with Gasteiger partial charge in [0.05, 0.1) is 5.71 Å². The second-order valence-corrected chi connectivity index (χ2v) is 4.85. The molecule has 3 nitrogen and oxygen atoms in total. The monoisotopic (exact) mass is 280 g/mol. The summed E-state index contributed by atoms with van der Waals surface area (Å²) in [5, 5.41) is 10.5. The van der Waals surface area contributed by atoms with Crippen LogP contribution in [0.5, 0.6) is 0 Å². The standard InChI is InChI=1S/C15H18F2N2O/c1-9(2)15(20)14(18)6-10(3)19-8-11-7-12(16)4-5-13(11)17/h4-7,9,18-19H,8H2,1-3H3/b10-6-,18-14?. The first-order valence-electron chi connectivity index (χ1n) is 6.30. The average molecular weight is 280 g/mol. The second kappa shape index (κ2) is 6.93. The van der Waals surface area contributed by atoms with E-state index in [1.807, 2.05) is 0 Å². The van der Waals surface area contributed by atoms with E-state index in [1.165, 1.54) is 6.08 Å². The Bertz CT molecular complexity index is 551. The van der Waals surface area contributed by atoms with Crippen molar-refractivity contribution in [2.75, 3.05) is 0 Å². The van der Waals surface area contributed by atoms with E-state index in [1.54, 1.807) is 20.8 Å². The van der Waals surface area contributed by atoms with E-state index in [4.69, 9.17) is 5.41 Å². The third-order valence-electron chi connectivity index (χ3n) is 2.72. The van der Waals surface area contributed by atoms with Gasteiger partial charge in [0.25, 0.3) is 0 Å². The molecule has 0 heterocycles. The van der Waals surface area contributed by atoms with Gasteiger partial charge >= 0.3 is 0 Å². The fourth-order valence-electron chi connectivity index (χ4n) is 1.56. The van der Waals surface area contributed by atoms with Gasteiger partial charge in [-0.05, 0) is 31.2 Å². The zero-order chi connectivity index (χ0) is 15.3. The Morgan fingerprint density at radius 3 is 2.65 bits per heavy atom. The van der Waals surface area contributed by atoms with Gasteiger partial charge in [-0.25, -0.2) is 8.78 Å². The predicted molar refractivity (Wildman–Crippen MR) is 74.5 cm³/mol. The Balaban J connectivity index is 2.67. The van der Waals surface area contributed by atoms with Crippen molar-refractivity contribution in [1.29, 1.82) is 5.41 Å². The van der Waals surface area contributed by atoms with E-state index in [-0.39, 0.29) is 29.5 Å². The first-order valence-corrected chi connectivity index (χ1v) is 6.30. The highest BCUT2D eigenvalue weighted by Crippen LogP contribution is 2.10. The van der Waals surface area contributed by atoms with Crippen LogP contribution in [0, 0.1) is 23.0 Å². The molecule has 0 bridgehead atoms. The number of carbonyl (C=O) groups excluding carboxylic acids is 1. The van der Waals surface area contributed by atoms with E-state index >= 15 is 0 Å². The molecule has 2 N–H and O–H groups in total. The predicted octanol–water partition coefficient (Wildman–Crippen LogP) is 3.20. The minimum absolute atomic E-state index is 0.0923. The van der Waals surface area contributed by atoms with Crippen LogP contribution in [0.3, 0.4) is 0 Å². The summed E-state index contributed by atoms with van der Waals surface area (Å²) in [4.78, 5) is 11.5. The lowest BCUT2D eigenvalue weighted by Gasteiger charge is -2.09. The molecule has 0 amide bonds. The molecule has 0 unspecified atom stereocenters. The largest absolute Gasteiger partial charge is 0.384 e. The summed E-state index contributed by atoms with van der Waals surface area (Å²) in [6, 6.07) is 3.23. The molecule has 1 aromatic carbocycles. The van der Waals surface area contributed by atoms with Crippen molar-refractivity contribution >= 4 is 11.5 Å². The van der Waals surface area contributed by atoms with Crippen LogP contribution in [0.15, 0.2) is 30.0 Å². The highest BCUT2D eigenvalue weighted by atomic mass is 19.1. The number of rotatable bonds is 6. The SMILES string of the molecule is C/C(=C/C(=N)C(=O)C(C)C)NCc1cc(F)ccc1F. The van der Waals surface area contributed by atoms with Gasteiger partial charge in [-0.2, -0.15) is 0 Å². The minimum Gasteiger partial charge on any atom is -0.384 e. The molecule has 0 saturated heterocycles. The number of ketones is 1. The topological polar surface area (TPSA) is 53.0 Å². The molecular weight excluding hydrogens is 262 g/mol. The first kappa shape index (κ1) is 16.0. The highest BCUT2D eigenvalue weighted by molar-refractivity contribution is 6.43. The number of allylic oxidation sites excluding steroid dienone is 2. The van der Waals surface area contributed by atoms with Crippen LogP contribution in [0.4, 0.5) is 8.78 Å². The lowest BCUT2D eigenvalue weighted by atomic mass is 10.0. The van der Waals surface area contributed by atoms with Crippen molar-refractivity contribution in [1.82, 2.24) is 5.32 Å². The average Bonchev–Trinajstić information content (AvgIpc) is 2.38. The van der Waals surface area contributed by atoms with Crippen molar-refractivity contribution < 1.29 is 13.6 Å². The molecule has 0 atom stereocenters. The molecule has 0 aromatic heterocycles. The quantitative estimate of drug-likeness (QED) is 0.786. The second-order valence-electron chi connectivity index (χ2n) is 4.85. The van der Waals surface area contributed by atoms with E-state index in [0.717, 1.165) is 18.2 Å². The molecule has 0 radical (unpaired) electrons. The highest BCUT2D eigenvalue weighted by Gasteiger charge is 2.11. The molecule has 5 heteroatoms. The molecular formula is C15H18F2N2O. The molecule has 1 rings (SSSR count). The van der Waals surface area contributed by atoms with Crippen molar-refractivity contribution in [3.8, 4) is 0 Å². The number of hydrogen-bond acceptors (Lipinski definition) is 3. The number of carbonyl (C=O) groups is 1. The molecule has 0 saturated carbocycles. The third-order valence-corrected chi connectivity index (χ3v) is 2.72. The summed E-state index contributed by atoms with van der Waals surface area (Å²) in [7, 11) is 0. The maximum absolute atomic E-state index is 13.4. The number of halogens is 2. The maximum atomic E-state index is 13.4. The Morgan fingerprint density at radius 1 is 1.40 bits per heavy atom. The molecule has 0 fully saturated rings. The van der Waals surface area contributed by atoms with Crippen molar-refractivity contribution in [2.24, 2.45) is 5.92 Å². The van der Waals surface area contributed by atoms with Crippen molar-refractivity contribution in [2.45, 2.75) is 27.3 Å². The molecule has 1 aromatic rings. The van der Waals surface area contributed by atoms with Gasteiger partial charge in [0.15, 0.2) is 5.78 Å². The van der Waals surface area contributed by atoms with E-state index in [9.17, 15) is 13.6 Å². The fourth-order valence-corrected chi connectivity index (χ4v) is 1.56. The third kappa shape index (κ3) is 4.57. The molecule has 0 aliphatic rings.